The van der Waals surface area contributed by atoms with Crippen LogP contribution in [-0.2, 0) is 0 Å². The second kappa shape index (κ2) is 6.86. The first-order chi connectivity index (χ1) is 7.61. The Balaban J connectivity index is 2.45. The number of aryl methyl sites for hydroxylation is 2. The standard InChI is InChI=1S/C12H21N3S/c1-5-6-13-8-11(4)16-12-14-9(2)7-10(3)15-12/h7,11,13H,5-6,8H2,1-4H3. The monoisotopic (exact) mass is 239 g/mol. The fourth-order valence-corrected chi connectivity index (χ4v) is 2.40. The molecule has 1 aromatic rings. The third-order valence-electron chi connectivity index (χ3n) is 2.13. The molecule has 0 fully saturated rings. The molecule has 4 heteroatoms. The van der Waals surface area contributed by atoms with Gasteiger partial charge in [-0.2, -0.15) is 0 Å². The smallest absolute Gasteiger partial charge is 0.188 e. The summed E-state index contributed by atoms with van der Waals surface area (Å²) < 4.78 is 0. The van der Waals surface area contributed by atoms with Gasteiger partial charge in [0, 0.05) is 23.2 Å². The summed E-state index contributed by atoms with van der Waals surface area (Å²) in [6.07, 6.45) is 1.18. The van der Waals surface area contributed by atoms with Crippen molar-refractivity contribution in [3.05, 3.63) is 17.5 Å². The van der Waals surface area contributed by atoms with E-state index in [1.165, 1.54) is 6.42 Å². The Morgan fingerprint density at radius 2 is 1.94 bits per heavy atom. The van der Waals surface area contributed by atoms with E-state index in [9.17, 15) is 0 Å². The molecule has 1 N–H and O–H groups in total. The van der Waals surface area contributed by atoms with Crippen molar-refractivity contribution < 1.29 is 0 Å². The van der Waals surface area contributed by atoms with Crippen LogP contribution in [0, 0.1) is 13.8 Å². The molecule has 16 heavy (non-hydrogen) atoms. The average molecular weight is 239 g/mol. The predicted molar refractivity (Wildman–Crippen MR) is 70.0 cm³/mol. The number of thioether (sulfide) groups is 1. The van der Waals surface area contributed by atoms with Crippen LogP contribution in [0.1, 0.15) is 31.7 Å². The van der Waals surface area contributed by atoms with Crippen molar-refractivity contribution in [1.82, 2.24) is 15.3 Å². The van der Waals surface area contributed by atoms with Crippen LogP contribution in [0.15, 0.2) is 11.2 Å². The van der Waals surface area contributed by atoms with Crippen LogP contribution < -0.4 is 5.32 Å². The fourth-order valence-electron chi connectivity index (χ4n) is 1.45. The molecular formula is C12H21N3S. The Bertz CT molecular complexity index is 308. The third kappa shape index (κ3) is 4.94. The normalized spacial score (nSPS) is 12.8. The maximum absolute atomic E-state index is 4.43. The maximum Gasteiger partial charge on any atom is 0.188 e. The van der Waals surface area contributed by atoms with E-state index >= 15 is 0 Å². The maximum atomic E-state index is 4.43. The number of aromatic nitrogens is 2. The van der Waals surface area contributed by atoms with Crippen molar-refractivity contribution in [2.45, 2.75) is 44.5 Å². The molecule has 0 aromatic carbocycles. The zero-order valence-corrected chi connectivity index (χ0v) is 11.4. The topological polar surface area (TPSA) is 37.8 Å². The minimum atomic E-state index is 0.507. The lowest BCUT2D eigenvalue weighted by atomic mass is 10.4. The van der Waals surface area contributed by atoms with Gasteiger partial charge < -0.3 is 5.32 Å². The summed E-state index contributed by atoms with van der Waals surface area (Å²) in [5, 5.41) is 4.81. The number of hydrogen-bond acceptors (Lipinski definition) is 4. The summed E-state index contributed by atoms with van der Waals surface area (Å²) in [5.74, 6) is 0. The molecule has 1 unspecified atom stereocenters. The van der Waals surface area contributed by atoms with Crippen LogP contribution in [-0.4, -0.2) is 28.3 Å². The van der Waals surface area contributed by atoms with E-state index in [2.05, 4.69) is 29.1 Å². The van der Waals surface area contributed by atoms with Crippen molar-refractivity contribution >= 4 is 11.8 Å². The molecule has 0 radical (unpaired) electrons. The number of nitrogens with one attached hydrogen (secondary N) is 1. The summed E-state index contributed by atoms with van der Waals surface area (Å²) in [6, 6.07) is 2.00. The number of nitrogens with zero attached hydrogens (tertiary/aromatic N) is 2. The van der Waals surface area contributed by atoms with E-state index in [-0.39, 0.29) is 0 Å². The van der Waals surface area contributed by atoms with Crippen molar-refractivity contribution in [1.29, 1.82) is 0 Å². The van der Waals surface area contributed by atoms with Gasteiger partial charge in [-0.15, -0.1) is 0 Å². The molecule has 1 aromatic heterocycles. The van der Waals surface area contributed by atoms with Crippen LogP contribution in [0.5, 0.6) is 0 Å². The van der Waals surface area contributed by atoms with Gasteiger partial charge in [0.05, 0.1) is 0 Å². The lowest BCUT2D eigenvalue weighted by molar-refractivity contribution is 0.668. The SMILES string of the molecule is CCCNCC(C)Sc1nc(C)cc(C)n1. The van der Waals surface area contributed by atoms with Gasteiger partial charge in [0.15, 0.2) is 5.16 Å². The van der Waals surface area contributed by atoms with E-state index < -0.39 is 0 Å². The second-order valence-electron chi connectivity index (χ2n) is 4.07. The first-order valence-corrected chi connectivity index (χ1v) is 6.69. The largest absolute Gasteiger partial charge is 0.316 e. The second-order valence-corrected chi connectivity index (χ2v) is 5.47. The molecule has 0 spiro atoms. The molecule has 90 valence electrons. The van der Waals surface area contributed by atoms with Gasteiger partial charge in [-0.25, -0.2) is 9.97 Å². The molecule has 0 amide bonds. The molecule has 0 bridgehead atoms. The van der Waals surface area contributed by atoms with Crippen molar-refractivity contribution in [3.63, 3.8) is 0 Å². The number of hydrogen-bond donors (Lipinski definition) is 1. The van der Waals surface area contributed by atoms with Crippen LogP contribution in [0.25, 0.3) is 0 Å². The average Bonchev–Trinajstić information content (AvgIpc) is 2.16. The first kappa shape index (κ1) is 13.5. The first-order valence-electron chi connectivity index (χ1n) is 5.81. The summed E-state index contributed by atoms with van der Waals surface area (Å²) in [5.41, 5.74) is 2.09. The highest BCUT2D eigenvalue weighted by Gasteiger charge is 2.07. The van der Waals surface area contributed by atoms with Crippen molar-refractivity contribution in [3.8, 4) is 0 Å². The van der Waals surface area contributed by atoms with Crippen LogP contribution in [0.3, 0.4) is 0 Å². The van der Waals surface area contributed by atoms with Gasteiger partial charge >= 0.3 is 0 Å². The van der Waals surface area contributed by atoms with E-state index in [1.54, 1.807) is 11.8 Å². The quantitative estimate of drug-likeness (QED) is 0.470. The van der Waals surface area contributed by atoms with E-state index in [1.807, 2.05) is 19.9 Å². The van der Waals surface area contributed by atoms with Crippen molar-refractivity contribution in [2.75, 3.05) is 13.1 Å². The molecule has 0 aliphatic rings. The van der Waals surface area contributed by atoms with Crippen LogP contribution in [0.2, 0.25) is 0 Å². The Morgan fingerprint density at radius 1 is 1.31 bits per heavy atom. The highest BCUT2D eigenvalue weighted by Crippen LogP contribution is 2.19. The zero-order valence-electron chi connectivity index (χ0n) is 10.6. The Labute approximate surface area is 102 Å². The molecule has 1 rings (SSSR count). The zero-order chi connectivity index (χ0) is 12.0. The van der Waals surface area contributed by atoms with Gasteiger partial charge in [-0.1, -0.05) is 25.6 Å². The lowest BCUT2D eigenvalue weighted by Gasteiger charge is -2.11. The number of rotatable bonds is 6. The molecular weight excluding hydrogens is 218 g/mol. The summed E-state index contributed by atoms with van der Waals surface area (Å²) >= 11 is 1.74. The van der Waals surface area contributed by atoms with Gasteiger partial charge in [-0.05, 0) is 32.9 Å². The van der Waals surface area contributed by atoms with E-state index in [4.69, 9.17) is 0 Å². The van der Waals surface area contributed by atoms with Gasteiger partial charge in [-0.3, -0.25) is 0 Å². The Hall–Kier alpha value is -0.610. The molecule has 1 atom stereocenters. The third-order valence-corrected chi connectivity index (χ3v) is 3.09. The van der Waals surface area contributed by atoms with Crippen LogP contribution in [0.4, 0.5) is 0 Å². The Morgan fingerprint density at radius 3 is 2.50 bits per heavy atom. The summed E-state index contributed by atoms with van der Waals surface area (Å²) in [6.45, 7) is 10.5. The highest BCUT2D eigenvalue weighted by molar-refractivity contribution is 7.99. The van der Waals surface area contributed by atoms with Gasteiger partial charge in [0.2, 0.25) is 0 Å². The van der Waals surface area contributed by atoms with Crippen molar-refractivity contribution in [2.24, 2.45) is 0 Å². The predicted octanol–water partition coefficient (Wildman–Crippen LogP) is 2.57. The molecule has 1 heterocycles. The lowest BCUT2D eigenvalue weighted by Crippen LogP contribution is -2.23. The van der Waals surface area contributed by atoms with Gasteiger partial charge in [0.25, 0.3) is 0 Å². The molecule has 3 nitrogen and oxygen atoms in total. The van der Waals surface area contributed by atoms with Gasteiger partial charge in [0.1, 0.15) is 0 Å². The van der Waals surface area contributed by atoms with Crippen LogP contribution >= 0.6 is 11.8 Å². The Kier molecular flexibility index (Phi) is 5.77. The fraction of sp³-hybridized carbons (Fsp3) is 0.667. The van der Waals surface area contributed by atoms with E-state index in [0.717, 1.165) is 29.6 Å². The van der Waals surface area contributed by atoms with E-state index in [0.29, 0.717) is 5.25 Å². The summed E-state index contributed by atoms with van der Waals surface area (Å²) in [7, 11) is 0. The highest BCUT2D eigenvalue weighted by atomic mass is 32.2. The minimum absolute atomic E-state index is 0.507. The molecule has 0 saturated carbocycles. The summed E-state index contributed by atoms with van der Waals surface area (Å²) in [4.78, 5) is 8.85. The molecule has 0 saturated heterocycles. The molecule has 0 aliphatic heterocycles. The minimum Gasteiger partial charge on any atom is -0.316 e. The molecule has 0 aliphatic carbocycles.